The number of halogens is 2. The first-order valence-electron chi connectivity index (χ1n) is 8.17. The zero-order valence-corrected chi connectivity index (χ0v) is 17.4. The van der Waals surface area contributed by atoms with Crippen LogP contribution in [0.2, 0.25) is 0 Å². The molecule has 1 N–H and O–H groups in total. The molecule has 0 heterocycles. The Morgan fingerprint density at radius 2 is 1.72 bits per heavy atom. The Labute approximate surface area is 152 Å². The molecular weight excluding hydrogens is 346 g/mol. The number of ether oxygens (including phenoxy) is 1. The third-order valence-electron chi connectivity index (χ3n) is 4.46. The lowest BCUT2D eigenvalue weighted by Gasteiger charge is -2.40. The monoisotopic (exact) mass is 378 g/mol. The van der Waals surface area contributed by atoms with Gasteiger partial charge < -0.3 is 9.84 Å². The molecule has 6 heteroatoms. The molecule has 0 bridgehead atoms. The van der Waals surface area contributed by atoms with Crippen molar-refractivity contribution in [2.45, 2.75) is 51.2 Å². The summed E-state index contributed by atoms with van der Waals surface area (Å²) in [6.07, 6.45) is 7.45. The molecule has 0 saturated heterocycles. The predicted octanol–water partition coefficient (Wildman–Crippen LogP) is 5.21. The van der Waals surface area contributed by atoms with Crippen LogP contribution in [0, 0.1) is 11.6 Å². The van der Waals surface area contributed by atoms with E-state index in [4.69, 9.17) is 0 Å². The quantitative estimate of drug-likeness (QED) is 0.732. The minimum atomic E-state index is -0.887. The second-order valence-corrected chi connectivity index (χ2v) is 12.6. The number of rotatable bonds is 4. The van der Waals surface area contributed by atoms with Crippen LogP contribution < -0.4 is 0 Å². The van der Waals surface area contributed by atoms with E-state index in [0.29, 0.717) is 17.2 Å². The molecule has 1 atom stereocenters. The van der Waals surface area contributed by atoms with Gasteiger partial charge in [0.2, 0.25) is 0 Å². The van der Waals surface area contributed by atoms with Crippen LogP contribution in [0.3, 0.4) is 0 Å². The number of aromatic hydroxyl groups is 1. The van der Waals surface area contributed by atoms with Crippen molar-refractivity contribution in [1.29, 1.82) is 0 Å². The van der Waals surface area contributed by atoms with Crippen LogP contribution in [0.25, 0.3) is 0 Å². The maximum Gasteiger partial charge on any atom is 0.306 e. The molecule has 1 unspecified atom stereocenters. The molecule has 0 radical (unpaired) electrons. The van der Waals surface area contributed by atoms with E-state index in [2.05, 4.69) is 44.3 Å². The highest BCUT2D eigenvalue weighted by molar-refractivity contribution is 8.33. The number of esters is 1. The van der Waals surface area contributed by atoms with Crippen LogP contribution in [-0.2, 0) is 9.53 Å². The van der Waals surface area contributed by atoms with Crippen LogP contribution >= 0.6 is 10.0 Å². The van der Waals surface area contributed by atoms with Crippen LogP contribution in [0.5, 0.6) is 5.75 Å². The summed E-state index contributed by atoms with van der Waals surface area (Å²) in [5.74, 6) is -3.38. The maximum atomic E-state index is 13.6. The molecule has 0 aromatic heterocycles. The fourth-order valence-corrected chi connectivity index (χ4v) is 1.65. The maximum absolute atomic E-state index is 13.6. The summed E-state index contributed by atoms with van der Waals surface area (Å²) in [7, 11) is 0.890. The molecule has 0 aliphatic rings. The second-order valence-electron chi connectivity index (χ2n) is 7.66. The highest BCUT2D eigenvalue weighted by Gasteiger charge is 2.22. The third kappa shape index (κ3) is 7.63. The average Bonchev–Trinajstić information content (AvgIpc) is 2.47. The SMILES string of the molecule is CC(C)(C)S(C)(C)C.CCC(CC(=O)OC)c1cc(F)cc(O)c1F. The number of hydrogen-bond donors (Lipinski definition) is 1. The Morgan fingerprint density at radius 3 is 2.08 bits per heavy atom. The van der Waals surface area contributed by atoms with Crippen LogP contribution in [0.1, 0.15) is 52.0 Å². The van der Waals surface area contributed by atoms with Gasteiger partial charge in [0.15, 0.2) is 11.6 Å². The van der Waals surface area contributed by atoms with Gasteiger partial charge in [0.1, 0.15) is 5.82 Å². The predicted molar refractivity (Wildman–Crippen MR) is 103 cm³/mol. The Hall–Kier alpha value is -1.30. The summed E-state index contributed by atoms with van der Waals surface area (Å²) in [4.78, 5) is 11.1. The van der Waals surface area contributed by atoms with Crippen LogP contribution in [-0.4, -0.2) is 41.7 Å². The molecule has 25 heavy (non-hydrogen) atoms. The summed E-state index contributed by atoms with van der Waals surface area (Å²) in [5.41, 5.74) is -0.00426. The molecule has 1 aromatic carbocycles. The molecule has 146 valence electrons. The third-order valence-corrected chi connectivity index (χ3v) is 8.13. The highest BCUT2D eigenvalue weighted by atomic mass is 32.3. The zero-order valence-electron chi connectivity index (χ0n) is 16.6. The van der Waals surface area contributed by atoms with Gasteiger partial charge in [-0.2, -0.15) is 0 Å². The lowest BCUT2D eigenvalue weighted by Crippen LogP contribution is -2.21. The van der Waals surface area contributed by atoms with Crippen molar-refractivity contribution in [2.75, 3.05) is 25.9 Å². The highest BCUT2D eigenvalue weighted by Crippen LogP contribution is 2.48. The van der Waals surface area contributed by atoms with Gasteiger partial charge >= 0.3 is 5.97 Å². The first-order chi connectivity index (χ1) is 11.2. The molecule has 0 aliphatic carbocycles. The van der Waals surface area contributed by atoms with Gasteiger partial charge in [0.25, 0.3) is 0 Å². The van der Waals surface area contributed by atoms with Crippen LogP contribution in [0.4, 0.5) is 8.78 Å². The van der Waals surface area contributed by atoms with Gasteiger partial charge in [-0.05, 0) is 47.5 Å². The van der Waals surface area contributed by atoms with Gasteiger partial charge in [-0.25, -0.2) is 18.8 Å². The van der Waals surface area contributed by atoms with Gasteiger partial charge in [-0.15, -0.1) is 0 Å². The van der Waals surface area contributed by atoms with Gasteiger partial charge in [0.05, 0.1) is 13.5 Å². The van der Waals surface area contributed by atoms with Gasteiger partial charge in [0, 0.05) is 6.07 Å². The number of benzene rings is 1. The topological polar surface area (TPSA) is 46.5 Å². The van der Waals surface area contributed by atoms with Crippen LogP contribution in [0.15, 0.2) is 12.1 Å². The number of carbonyl (C=O) groups excluding carboxylic acids is 1. The van der Waals surface area contributed by atoms with E-state index in [-0.39, 0.29) is 22.0 Å². The largest absolute Gasteiger partial charge is 0.505 e. The summed E-state index contributed by atoms with van der Waals surface area (Å²) in [5, 5.41) is 9.19. The van der Waals surface area contributed by atoms with E-state index < -0.39 is 29.3 Å². The Morgan fingerprint density at radius 1 is 1.24 bits per heavy atom. The fourth-order valence-electron chi connectivity index (χ4n) is 1.65. The van der Waals surface area contributed by atoms with E-state index in [9.17, 15) is 18.7 Å². The van der Waals surface area contributed by atoms with Gasteiger partial charge in [-0.1, -0.05) is 27.7 Å². The number of carbonyl (C=O) groups is 1. The van der Waals surface area contributed by atoms with Crippen molar-refractivity contribution >= 4 is 16.0 Å². The molecule has 0 aliphatic heterocycles. The molecule has 1 aromatic rings. The Bertz CT molecular complexity index is 563. The van der Waals surface area contributed by atoms with Crippen molar-refractivity contribution in [3.05, 3.63) is 29.3 Å². The molecule has 1 rings (SSSR count). The van der Waals surface area contributed by atoms with E-state index in [0.717, 1.165) is 6.07 Å². The smallest absolute Gasteiger partial charge is 0.306 e. The lowest BCUT2D eigenvalue weighted by molar-refractivity contribution is -0.141. The molecule has 0 fully saturated rings. The number of hydrogen-bond acceptors (Lipinski definition) is 3. The Balaban J connectivity index is 0.000000609. The van der Waals surface area contributed by atoms with Crippen molar-refractivity contribution in [3.63, 3.8) is 0 Å². The minimum absolute atomic E-state index is 0.00426. The minimum Gasteiger partial charge on any atom is -0.505 e. The second kappa shape index (κ2) is 9.41. The van der Waals surface area contributed by atoms with Gasteiger partial charge in [-0.3, -0.25) is 4.79 Å². The van der Waals surface area contributed by atoms with Crippen molar-refractivity contribution in [1.82, 2.24) is 0 Å². The van der Waals surface area contributed by atoms with E-state index in [1.54, 1.807) is 6.92 Å². The molecule has 3 nitrogen and oxygen atoms in total. The molecular formula is C19H32F2O3S. The summed E-state index contributed by atoms with van der Waals surface area (Å²) in [6.45, 7) is 8.67. The standard InChI is InChI=1S/C12H14F2O3.C7H18S/c1-3-7(4-11(16)17-2)9-5-8(13)6-10(15)12(9)14;1-7(2,3)8(4,5)6/h5-7,15H,3-4H2,1-2H3;1-6H3. The van der Waals surface area contributed by atoms with E-state index in [1.165, 1.54) is 7.11 Å². The molecule has 0 spiro atoms. The number of methoxy groups -OCH3 is 1. The number of phenolic OH excluding ortho intramolecular Hbond substituents is 1. The normalized spacial score (nSPS) is 13.5. The van der Waals surface area contributed by atoms with Crippen molar-refractivity contribution in [3.8, 4) is 5.75 Å². The first kappa shape index (κ1) is 23.7. The zero-order chi connectivity index (χ0) is 20.0. The molecule has 0 amide bonds. The first-order valence-corrected chi connectivity index (χ1v) is 11.0. The lowest BCUT2D eigenvalue weighted by atomic mass is 9.92. The summed E-state index contributed by atoms with van der Waals surface area (Å²) >= 11 is 0. The molecule has 0 saturated carbocycles. The Kier molecular flexibility index (Phi) is 8.92. The number of phenols is 1. The van der Waals surface area contributed by atoms with E-state index >= 15 is 0 Å². The average molecular weight is 379 g/mol. The summed E-state index contributed by atoms with van der Waals surface area (Å²) < 4.78 is 31.7. The fraction of sp³-hybridized carbons (Fsp3) is 0.632. The van der Waals surface area contributed by atoms with Crippen molar-refractivity contribution < 1.29 is 23.4 Å². The van der Waals surface area contributed by atoms with Crippen molar-refractivity contribution in [2.24, 2.45) is 0 Å². The summed E-state index contributed by atoms with van der Waals surface area (Å²) in [6, 6.07) is 1.69. The van der Waals surface area contributed by atoms with E-state index in [1.807, 2.05) is 0 Å².